The molecule has 0 bridgehead atoms. The monoisotopic (exact) mass is 341 g/mol. The van der Waals surface area contributed by atoms with E-state index in [0.29, 0.717) is 12.6 Å². The molecule has 0 radical (unpaired) electrons. The van der Waals surface area contributed by atoms with Crippen molar-refractivity contribution in [1.82, 2.24) is 14.5 Å². The van der Waals surface area contributed by atoms with Crippen LogP contribution in [0.3, 0.4) is 0 Å². The number of hydrogen-bond acceptors (Lipinski definition) is 4. The zero-order chi connectivity index (χ0) is 16.9. The lowest BCUT2D eigenvalue weighted by atomic mass is 10.1. The average molecular weight is 341 g/mol. The van der Waals surface area contributed by atoms with Crippen molar-refractivity contribution >= 4 is 11.3 Å². The van der Waals surface area contributed by atoms with Gasteiger partial charge < -0.3 is 9.30 Å². The Kier molecular flexibility index (Phi) is 5.33. The molecule has 0 aliphatic heterocycles. The number of hydrogen-bond donors (Lipinski definition) is 0. The normalized spacial score (nSPS) is 12.5. The second kappa shape index (κ2) is 7.64. The number of aromatic nitrogens is 2. The van der Waals surface area contributed by atoms with Gasteiger partial charge in [-0.25, -0.2) is 4.98 Å². The number of thiophene rings is 1. The van der Waals surface area contributed by atoms with Crippen molar-refractivity contribution in [3.05, 3.63) is 70.4 Å². The van der Waals surface area contributed by atoms with E-state index in [9.17, 15) is 0 Å². The number of nitrogens with zero attached hydrogens (tertiary/aromatic N) is 3. The van der Waals surface area contributed by atoms with Gasteiger partial charge in [0.25, 0.3) is 0 Å². The first kappa shape index (κ1) is 16.7. The third-order valence-corrected chi connectivity index (χ3v) is 5.30. The zero-order valence-corrected chi connectivity index (χ0v) is 15.2. The summed E-state index contributed by atoms with van der Waals surface area (Å²) in [6.07, 6.45) is 3.71. The molecule has 3 aromatic rings. The van der Waals surface area contributed by atoms with Crippen molar-refractivity contribution < 1.29 is 4.74 Å². The second-order valence-corrected chi connectivity index (χ2v) is 6.97. The molecule has 0 fully saturated rings. The van der Waals surface area contributed by atoms with E-state index in [1.807, 2.05) is 41.3 Å². The molecule has 0 N–H and O–H groups in total. The van der Waals surface area contributed by atoms with Crippen molar-refractivity contribution in [2.75, 3.05) is 7.05 Å². The predicted octanol–water partition coefficient (Wildman–Crippen LogP) is 4.25. The Balaban J connectivity index is 1.55. The van der Waals surface area contributed by atoms with Crippen LogP contribution in [-0.4, -0.2) is 21.5 Å². The summed E-state index contributed by atoms with van der Waals surface area (Å²) in [7, 11) is 4.13. The summed E-state index contributed by atoms with van der Waals surface area (Å²) in [5.41, 5.74) is 1.28. The van der Waals surface area contributed by atoms with E-state index in [2.05, 4.69) is 53.5 Å². The number of rotatable bonds is 7. The molecular formula is C19H23N3OS. The van der Waals surface area contributed by atoms with Crippen LogP contribution in [0.15, 0.2) is 54.2 Å². The van der Waals surface area contributed by atoms with Gasteiger partial charge in [0, 0.05) is 36.9 Å². The Morgan fingerprint density at radius 3 is 2.67 bits per heavy atom. The van der Waals surface area contributed by atoms with Gasteiger partial charge in [0.2, 0.25) is 0 Å². The summed E-state index contributed by atoms with van der Waals surface area (Å²) >= 11 is 1.81. The fraction of sp³-hybridized carbons (Fsp3) is 0.316. The third kappa shape index (κ3) is 4.04. The first-order valence-corrected chi connectivity index (χ1v) is 8.93. The van der Waals surface area contributed by atoms with E-state index >= 15 is 0 Å². The number of aryl methyl sites for hydroxylation is 1. The van der Waals surface area contributed by atoms with Crippen LogP contribution in [0.5, 0.6) is 5.75 Å². The van der Waals surface area contributed by atoms with Gasteiger partial charge in [-0.2, -0.15) is 0 Å². The Morgan fingerprint density at radius 1 is 1.25 bits per heavy atom. The fourth-order valence-electron chi connectivity index (χ4n) is 2.55. The second-order valence-electron chi connectivity index (χ2n) is 5.99. The van der Waals surface area contributed by atoms with Gasteiger partial charge in [0.1, 0.15) is 18.2 Å². The van der Waals surface area contributed by atoms with Crippen LogP contribution >= 0.6 is 11.3 Å². The maximum atomic E-state index is 5.80. The first-order chi connectivity index (χ1) is 11.6. The molecule has 2 aromatic heterocycles. The van der Waals surface area contributed by atoms with Gasteiger partial charge in [0.05, 0.1) is 0 Å². The SMILES string of the molecule is CC(c1cccs1)N(C)Cc1ccc(OCc2nccn2C)cc1. The predicted molar refractivity (Wildman–Crippen MR) is 98.2 cm³/mol. The van der Waals surface area contributed by atoms with E-state index < -0.39 is 0 Å². The molecule has 0 aliphatic rings. The Morgan fingerprint density at radius 2 is 2.04 bits per heavy atom. The molecule has 0 spiro atoms. The van der Waals surface area contributed by atoms with Gasteiger partial charge in [-0.3, -0.25) is 4.90 Å². The molecule has 3 rings (SSSR count). The van der Waals surface area contributed by atoms with Crippen LogP contribution in [0.4, 0.5) is 0 Å². The van der Waals surface area contributed by atoms with Crippen LogP contribution in [0, 0.1) is 0 Å². The molecule has 1 aromatic carbocycles. The Labute approximate surface area is 147 Å². The zero-order valence-electron chi connectivity index (χ0n) is 14.3. The molecular weight excluding hydrogens is 318 g/mol. The topological polar surface area (TPSA) is 30.3 Å². The summed E-state index contributed by atoms with van der Waals surface area (Å²) < 4.78 is 7.77. The molecule has 0 saturated carbocycles. The van der Waals surface area contributed by atoms with Crippen LogP contribution < -0.4 is 4.74 Å². The van der Waals surface area contributed by atoms with Gasteiger partial charge in [0.15, 0.2) is 0 Å². The minimum absolute atomic E-state index is 0.421. The van der Waals surface area contributed by atoms with Gasteiger partial charge >= 0.3 is 0 Å². The largest absolute Gasteiger partial charge is 0.486 e. The summed E-state index contributed by atoms with van der Waals surface area (Å²) in [5.74, 6) is 1.79. The Bertz CT molecular complexity index is 749. The molecule has 0 saturated heterocycles. The van der Waals surface area contributed by atoms with Crippen molar-refractivity contribution in [1.29, 1.82) is 0 Å². The highest BCUT2D eigenvalue weighted by Crippen LogP contribution is 2.25. The number of imidazole rings is 1. The van der Waals surface area contributed by atoms with Gasteiger partial charge in [-0.1, -0.05) is 18.2 Å². The summed E-state index contributed by atoms with van der Waals surface area (Å²) in [4.78, 5) is 8.02. The van der Waals surface area contributed by atoms with Crippen molar-refractivity contribution in [3.63, 3.8) is 0 Å². The summed E-state index contributed by atoms with van der Waals surface area (Å²) in [6, 6.07) is 13.0. The number of benzene rings is 1. The molecule has 1 unspecified atom stereocenters. The molecule has 0 amide bonds. The van der Waals surface area contributed by atoms with E-state index in [-0.39, 0.29) is 0 Å². The molecule has 0 aliphatic carbocycles. The standard InChI is InChI=1S/C19H23N3OS/c1-15(18-5-4-12-24-18)22(3)13-16-6-8-17(9-7-16)23-14-19-20-10-11-21(19)2/h4-12,15H,13-14H2,1-3H3. The summed E-state index contributed by atoms with van der Waals surface area (Å²) in [6.45, 7) is 3.65. The van der Waals surface area contributed by atoms with Crippen molar-refractivity contribution in [2.45, 2.75) is 26.1 Å². The smallest absolute Gasteiger partial charge is 0.146 e. The lowest BCUT2D eigenvalue weighted by Crippen LogP contribution is -2.21. The highest BCUT2D eigenvalue weighted by Gasteiger charge is 2.12. The van der Waals surface area contributed by atoms with Crippen LogP contribution in [0.25, 0.3) is 0 Å². The molecule has 24 heavy (non-hydrogen) atoms. The molecule has 2 heterocycles. The minimum atomic E-state index is 0.421. The molecule has 4 nitrogen and oxygen atoms in total. The molecule has 1 atom stereocenters. The number of ether oxygens (including phenoxy) is 1. The lowest BCUT2D eigenvalue weighted by molar-refractivity contribution is 0.256. The van der Waals surface area contributed by atoms with E-state index in [1.165, 1.54) is 10.4 Å². The lowest BCUT2D eigenvalue weighted by Gasteiger charge is -2.23. The van der Waals surface area contributed by atoms with Crippen molar-refractivity contribution in [3.8, 4) is 5.75 Å². The maximum absolute atomic E-state index is 5.80. The van der Waals surface area contributed by atoms with Crippen molar-refractivity contribution in [2.24, 2.45) is 7.05 Å². The Hall–Kier alpha value is -2.11. The van der Waals surface area contributed by atoms with E-state index in [0.717, 1.165) is 18.1 Å². The van der Waals surface area contributed by atoms with Gasteiger partial charge in [-0.15, -0.1) is 11.3 Å². The quantitative estimate of drug-likeness (QED) is 0.643. The summed E-state index contributed by atoms with van der Waals surface area (Å²) in [5, 5.41) is 2.13. The average Bonchev–Trinajstić information content (AvgIpc) is 3.25. The van der Waals surface area contributed by atoms with Crippen LogP contribution in [0.2, 0.25) is 0 Å². The molecule has 5 heteroatoms. The minimum Gasteiger partial charge on any atom is -0.486 e. The fourth-order valence-corrected chi connectivity index (χ4v) is 3.39. The maximum Gasteiger partial charge on any atom is 0.146 e. The van der Waals surface area contributed by atoms with E-state index in [4.69, 9.17) is 4.74 Å². The van der Waals surface area contributed by atoms with Crippen LogP contribution in [-0.2, 0) is 20.2 Å². The van der Waals surface area contributed by atoms with Crippen LogP contribution in [0.1, 0.15) is 29.2 Å². The highest BCUT2D eigenvalue weighted by atomic mass is 32.1. The first-order valence-electron chi connectivity index (χ1n) is 8.05. The van der Waals surface area contributed by atoms with E-state index in [1.54, 1.807) is 6.20 Å². The van der Waals surface area contributed by atoms with Gasteiger partial charge in [-0.05, 0) is 43.1 Å². The third-order valence-electron chi connectivity index (χ3n) is 4.26. The molecule has 126 valence electrons. The highest BCUT2D eigenvalue weighted by molar-refractivity contribution is 7.10.